The van der Waals surface area contributed by atoms with Gasteiger partial charge in [-0.15, -0.1) is 0 Å². The van der Waals surface area contributed by atoms with Crippen molar-refractivity contribution < 1.29 is 9.53 Å². The zero-order valence-corrected chi connectivity index (χ0v) is 16.9. The Labute approximate surface area is 166 Å². The van der Waals surface area contributed by atoms with Crippen LogP contribution in [0.25, 0.3) is 11.3 Å². The highest BCUT2D eigenvalue weighted by Gasteiger charge is 2.33. The number of hydrogen-bond donors (Lipinski definition) is 1. The molecule has 1 N–H and O–H groups in total. The van der Waals surface area contributed by atoms with Crippen molar-refractivity contribution in [1.82, 2.24) is 20.0 Å². The lowest BCUT2D eigenvalue weighted by Gasteiger charge is -2.44. The van der Waals surface area contributed by atoms with E-state index >= 15 is 0 Å². The van der Waals surface area contributed by atoms with E-state index in [1.54, 1.807) is 11.8 Å². The number of hydrogen-bond acceptors (Lipinski definition) is 4. The number of aryl methyl sites for hydroxylation is 1. The van der Waals surface area contributed by atoms with Gasteiger partial charge in [-0.3, -0.25) is 9.48 Å². The lowest BCUT2D eigenvalue weighted by atomic mass is 9.83. The average Bonchev–Trinajstić information content (AvgIpc) is 3.13. The van der Waals surface area contributed by atoms with Gasteiger partial charge >= 0.3 is 0 Å². The number of fused-ring (bicyclic) bond motifs is 1. The number of nitrogens with zero attached hydrogens (tertiary/aromatic N) is 3. The molecule has 28 heavy (non-hydrogen) atoms. The minimum Gasteiger partial charge on any atom is -0.497 e. The Hall–Kier alpha value is -2.34. The number of piperidine rings is 2. The molecule has 0 unspecified atom stereocenters. The minimum absolute atomic E-state index is 0.0392. The number of methoxy groups -OCH3 is 1. The summed E-state index contributed by atoms with van der Waals surface area (Å²) in [6.45, 7) is 3.20. The van der Waals surface area contributed by atoms with Crippen LogP contribution in [0.4, 0.5) is 0 Å². The quantitative estimate of drug-likeness (QED) is 0.863. The fourth-order valence-corrected chi connectivity index (χ4v) is 4.71. The van der Waals surface area contributed by atoms with Gasteiger partial charge in [-0.1, -0.05) is 6.42 Å². The molecule has 0 spiro atoms. The molecule has 150 valence electrons. The lowest BCUT2D eigenvalue weighted by molar-refractivity contribution is 0.0574. The first-order valence-electron chi connectivity index (χ1n) is 10.4. The molecule has 0 radical (unpaired) electrons. The van der Waals surface area contributed by atoms with Crippen molar-refractivity contribution in [3.8, 4) is 17.0 Å². The van der Waals surface area contributed by atoms with Crippen molar-refractivity contribution in [1.29, 1.82) is 0 Å². The molecule has 4 rings (SSSR count). The summed E-state index contributed by atoms with van der Waals surface area (Å²) in [5, 5.41) is 7.70. The molecular weight excluding hydrogens is 352 g/mol. The van der Waals surface area contributed by atoms with Gasteiger partial charge in [0.05, 0.1) is 12.8 Å². The Balaban J connectivity index is 1.41. The van der Waals surface area contributed by atoms with Gasteiger partial charge in [0.25, 0.3) is 5.91 Å². The summed E-state index contributed by atoms with van der Waals surface area (Å²) in [5.74, 6) is 1.33. The fourth-order valence-electron chi connectivity index (χ4n) is 4.71. The molecule has 0 bridgehead atoms. The molecule has 6 heteroatoms. The summed E-state index contributed by atoms with van der Waals surface area (Å²) >= 11 is 0. The van der Waals surface area contributed by atoms with Crippen LogP contribution >= 0.6 is 0 Å². The highest BCUT2D eigenvalue weighted by atomic mass is 16.5. The maximum atomic E-state index is 12.8. The highest BCUT2D eigenvalue weighted by Crippen LogP contribution is 2.30. The number of amides is 1. The summed E-state index contributed by atoms with van der Waals surface area (Å²) in [5.41, 5.74) is 2.37. The van der Waals surface area contributed by atoms with Crippen LogP contribution in [0.3, 0.4) is 0 Å². The maximum absolute atomic E-state index is 12.8. The molecular formula is C22H30N4O2. The third-order valence-corrected chi connectivity index (χ3v) is 6.25. The van der Waals surface area contributed by atoms with Crippen LogP contribution in [-0.2, 0) is 7.05 Å². The van der Waals surface area contributed by atoms with Crippen LogP contribution < -0.4 is 10.1 Å². The molecule has 2 atom stereocenters. The summed E-state index contributed by atoms with van der Waals surface area (Å²) in [6, 6.07) is 10.2. The van der Waals surface area contributed by atoms with Crippen LogP contribution in [0.2, 0.25) is 0 Å². The highest BCUT2D eigenvalue weighted by molar-refractivity contribution is 5.93. The van der Waals surface area contributed by atoms with E-state index in [0.29, 0.717) is 17.7 Å². The SMILES string of the molecule is COc1ccc(-c2cc(C(=O)NC[C@H]3CCCN4CCCC[C@H]34)n(C)n2)cc1. The number of ether oxygens (including phenoxy) is 1. The molecule has 2 saturated heterocycles. The molecule has 2 aliphatic rings. The van der Waals surface area contributed by atoms with Gasteiger partial charge in [0.15, 0.2) is 0 Å². The second-order valence-corrected chi connectivity index (χ2v) is 7.98. The van der Waals surface area contributed by atoms with E-state index in [2.05, 4.69) is 15.3 Å². The van der Waals surface area contributed by atoms with Gasteiger partial charge in [-0.2, -0.15) is 5.10 Å². The van der Waals surface area contributed by atoms with Crippen molar-refractivity contribution in [2.24, 2.45) is 13.0 Å². The normalized spacial score (nSPS) is 22.5. The Morgan fingerprint density at radius 1 is 1.18 bits per heavy atom. The number of carbonyl (C=O) groups excluding carboxylic acids is 1. The van der Waals surface area contributed by atoms with E-state index in [1.165, 1.54) is 45.2 Å². The van der Waals surface area contributed by atoms with Crippen LogP contribution in [0.5, 0.6) is 5.75 Å². The third-order valence-electron chi connectivity index (χ3n) is 6.25. The van der Waals surface area contributed by atoms with Gasteiger partial charge in [-0.05, 0) is 75.0 Å². The fraction of sp³-hybridized carbons (Fsp3) is 0.545. The summed E-state index contributed by atoms with van der Waals surface area (Å²) in [4.78, 5) is 15.4. The second-order valence-electron chi connectivity index (χ2n) is 7.98. The van der Waals surface area contributed by atoms with Gasteiger partial charge in [0, 0.05) is 25.2 Å². The first kappa shape index (κ1) is 19.0. The third kappa shape index (κ3) is 3.92. The number of nitrogens with one attached hydrogen (secondary N) is 1. The molecule has 1 amide bonds. The molecule has 1 aromatic heterocycles. The molecule has 2 fully saturated rings. The van der Waals surface area contributed by atoms with Gasteiger partial charge in [0.2, 0.25) is 0 Å². The topological polar surface area (TPSA) is 59.4 Å². The number of carbonyl (C=O) groups is 1. The van der Waals surface area contributed by atoms with E-state index in [-0.39, 0.29) is 5.91 Å². The minimum atomic E-state index is -0.0392. The monoisotopic (exact) mass is 382 g/mol. The van der Waals surface area contributed by atoms with E-state index in [1.807, 2.05) is 37.4 Å². The van der Waals surface area contributed by atoms with Crippen molar-refractivity contribution >= 4 is 5.91 Å². The van der Waals surface area contributed by atoms with Crippen LogP contribution in [-0.4, -0.2) is 53.4 Å². The number of aromatic nitrogens is 2. The molecule has 0 aliphatic carbocycles. The van der Waals surface area contributed by atoms with Gasteiger partial charge < -0.3 is 15.0 Å². The summed E-state index contributed by atoms with van der Waals surface area (Å²) in [6.07, 6.45) is 6.36. The van der Waals surface area contributed by atoms with Gasteiger partial charge in [-0.25, -0.2) is 0 Å². The van der Waals surface area contributed by atoms with Gasteiger partial charge in [0.1, 0.15) is 11.4 Å². The Morgan fingerprint density at radius 2 is 1.96 bits per heavy atom. The van der Waals surface area contributed by atoms with Crippen molar-refractivity contribution in [3.63, 3.8) is 0 Å². The number of rotatable bonds is 5. The Morgan fingerprint density at radius 3 is 2.75 bits per heavy atom. The van der Waals surface area contributed by atoms with Crippen LogP contribution in [0, 0.1) is 5.92 Å². The molecule has 3 heterocycles. The Bertz CT molecular complexity index is 812. The molecule has 6 nitrogen and oxygen atoms in total. The van der Waals surface area contributed by atoms with Crippen LogP contribution in [0.1, 0.15) is 42.6 Å². The van der Waals surface area contributed by atoms with E-state index in [0.717, 1.165) is 23.6 Å². The zero-order chi connectivity index (χ0) is 19.5. The molecule has 0 saturated carbocycles. The van der Waals surface area contributed by atoms with E-state index in [9.17, 15) is 4.79 Å². The largest absolute Gasteiger partial charge is 0.497 e. The predicted octanol–water partition coefficient (Wildman–Crippen LogP) is 3.09. The van der Waals surface area contributed by atoms with Crippen LogP contribution in [0.15, 0.2) is 30.3 Å². The lowest BCUT2D eigenvalue weighted by Crippen LogP contribution is -2.51. The summed E-state index contributed by atoms with van der Waals surface area (Å²) < 4.78 is 6.88. The molecule has 2 aliphatic heterocycles. The van der Waals surface area contributed by atoms with Crippen molar-refractivity contribution in [2.75, 3.05) is 26.7 Å². The van der Waals surface area contributed by atoms with E-state index in [4.69, 9.17) is 4.74 Å². The maximum Gasteiger partial charge on any atom is 0.269 e. The standard InChI is InChI=1S/C22H30N4O2/c1-25-21(14-19(24-25)16-8-10-18(28-2)11-9-16)22(27)23-15-17-6-5-13-26-12-4-3-7-20(17)26/h8-11,14,17,20H,3-7,12-13,15H2,1-2H3,(H,23,27)/t17-,20-/m1/s1. The van der Waals surface area contributed by atoms with Crippen molar-refractivity contribution in [2.45, 2.75) is 38.1 Å². The average molecular weight is 383 g/mol. The smallest absolute Gasteiger partial charge is 0.269 e. The predicted molar refractivity (Wildman–Crippen MR) is 109 cm³/mol. The van der Waals surface area contributed by atoms with Crippen molar-refractivity contribution in [3.05, 3.63) is 36.0 Å². The first-order valence-corrected chi connectivity index (χ1v) is 10.4. The van der Waals surface area contributed by atoms with E-state index < -0.39 is 0 Å². The molecule has 2 aromatic rings. The zero-order valence-electron chi connectivity index (χ0n) is 16.9. The summed E-state index contributed by atoms with van der Waals surface area (Å²) in [7, 11) is 3.47. The molecule has 1 aromatic carbocycles. The second kappa shape index (κ2) is 8.35. The number of benzene rings is 1. The Kier molecular flexibility index (Phi) is 5.67. The first-order chi connectivity index (χ1) is 13.7.